The van der Waals surface area contributed by atoms with Gasteiger partial charge in [0, 0.05) is 36.1 Å². The lowest BCUT2D eigenvalue weighted by molar-refractivity contribution is 0.200. The Hall–Kier alpha value is -1.50. The highest BCUT2D eigenvalue weighted by atomic mass is 32.1. The van der Waals surface area contributed by atoms with Gasteiger partial charge in [-0.25, -0.2) is 4.98 Å². The number of H-pyrrole nitrogens is 1. The maximum atomic E-state index is 4.50. The summed E-state index contributed by atoms with van der Waals surface area (Å²) in [4.78, 5) is 8.31. The largest absolute Gasteiger partial charge is 0.298 e. The number of nitrogens with zero attached hydrogens (tertiary/aromatic N) is 3. The third-order valence-electron chi connectivity index (χ3n) is 4.19. The molecular formula is C16H18N4S2. The molecule has 4 nitrogen and oxygen atoms in total. The Bertz CT molecular complexity index is 702. The van der Waals surface area contributed by atoms with Crippen LogP contribution in [0.25, 0.3) is 10.6 Å². The summed E-state index contributed by atoms with van der Waals surface area (Å²) in [5.41, 5.74) is 2.47. The van der Waals surface area contributed by atoms with Gasteiger partial charge in [0.25, 0.3) is 0 Å². The molecule has 0 bridgehead atoms. The highest BCUT2D eigenvalue weighted by Gasteiger charge is 2.24. The Balaban J connectivity index is 1.49. The molecule has 22 heavy (non-hydrogen) atoms. The zero-order valence-corrected chi connectivity index (χ0v) is 13.9. The lowest BCUT2D eigenvalue weighted by Gasteiger charge is -2.31. The number of hydrogen-bond acceptors (Lipinski definition) is 5. The van der Waals surface area contributed by atoms with Gasteiger partial charge in [-0.3, -0.25) is 10.00 Å². The van der Waals surface area contributed by atoms with Crippen molar-refractivity contribution in [1.29, 1.82) is 0 Å². The van der Waals surface area contributed by atoms with Gasteiger partial charge in [0.1, 0.15) is 0 Å². The van der Waals surface area contributed by atoms with Gasteiger partial charge in [-0.1, -0.05) is 6.07 Å². The molecule has 1 aliphatic heterocycles. The van der Waals surface area contributed by atoms with Crippen LogP contribution in [0, 0.1) is 0 Å². The summed E-state index contributed by atoms with van der Waals surface area (Å²) in [6.07, 6.45) is 6.40. The number of aromatic nitrogens is 3. The van der Waals surface area contributed by atoms with Crippen LogP contribution in [0.3, 0.4) is 0 Å². The topological polar surface area (TPSA) is 44.8 Å². The van der Waals surface area contributed by atoms with Crippen LogP contribution in [0.4, 0.5) is 0 Å². The average Bonchev–Trinajstić information content (AvgIpc) is 3.29. The highest BCUT2D eigenvalue weighted by molar-refractivity contribution is 7.13. The molecule has 6 heteroatoms. The predicted molar refractivity (Wildman–Crippen MR) is 91.3 cm³/mol. The first kappa shape index (κ1) is 14.1. The van der Waals surface area contributed by atoms with E-state index in [0.717, 1.165) is 19.6 Å². The summed E-state index contributed by atoms with van der Waals surface area (Å²) in [7, 11) is 0. The van der Waals surface area contributed by atoms with E-state index in [4.69, 9.17) is 0 Å². The first-order valence-corrected chi connectivity index (χ1v) is 9.34. The number of thiazole rings is 1. The molecule has 0 aromatic carbocycles. The number of piperidine rings is 1. The van der Waals surface area contributed by atoms with E-state index in [0.29, 0.717) is 5.92 Å². The fourth-order valence-corrected chi connectivity index (χ4v) is 4.67. The molecule has 0 spiro atoms. The zero-order chi connectivity index (χ0) is 14.8. The van der Waals surface area contributed by atoms with Crippen molar-refractivity contribution >= 4 is 22.7 Å². The number of thiophene rings is 1. The van der Waals surface area contributed by atoms with Crippen LogP contribution < -0.4 is 0 Å². The Kier molecular flexibility index (Phi) is 4.05. The molecule has 0 aliphatic carbocycles. The van der Waals surface area contributed by atoms with Crippen LogP contribution in [-0.2, 0) is 6.54 Å². The van der Waals surface area contributed by atoms with Crippen molar-refractivity contribution in [2.75, 3.05) is 13.1 Å². The smallest absolute Gasteiger partial charge is 0.0968 e. The minimum Gasteiger partial charge on any atom is -0.298 e. The second kappa shape index (κ2) is 6.32. The van der Waals surface area contributed by atoms with E-state index < -0.39 is 0 Å². The molecule has 4 heterocycles. The predicted octanol–water partition coefficient (Wildman–Crippen LogP) is 3.97. The van der Waals surface area contributed by atoms with Gasteiger partial charge in [-0.2, -0.15) is 5.10 Å². The van der Waals surface area contributed by atoms with Crippen molar-refractivity contribution in [3.63, 3.8) is 0 Å². The first-order valence-electron chi connectivity index (χ1n) is 7.58. The van der Waals surface area contributed by atoms with Crippen molar-refractivity contribution in [2.24, 2.45) is 0 Å². The summed E-state index contributed by atoms with van der Waals surface area (Å²) in [6.45, 7) is 3.23. The van der Waals surface area contributed by atoms with Crippen molar-refractivity contribution in [1.82, 2.24) is 20.1 Å². The zero-order valence-electron chi connectivity index (χ0n) is 12.2. The van der Waals surface area contributed by atoms with Crippen LogP contribution in [0.1, 0.15) is 29.3 Å². The lowest BCUT2D eigenvalue weighted by atomic mass is 9.98. The summed E-state index contributed by atoms with van der Waals surface area (Å²) in [5.74, 6) is 0.589. The molecule has 4 rings (SSSR count). The third kappa shape index (κ3) is 2.86. The van der Waals surface area contributed by atoms with Crippen molar-refractivity contribution in [3.8, 4) is 10.6 Å². The second-order valence-corrected chi connectivity index (χ2v) is 7.57. The molecule has 3 aromatic rings. The van der Waals surface area contributed by atoms with Crippen LogP contribution in [-0.4, -0.2) is 33.2 Å². The van der Waals surface area contributed by atoms with Gasteiger partial charge in [0.2, 0.25) is 0 Å². The molecule has 0 amide bonds. The van der Waals surface area contributed by atoms with E-state index in [1.54, 1.807) is 22.7 Å². The quantitative estimate of drug-likeness (QED) is 0.787. The highest BCUT2D eigenvalue weighted by Crippen LogP contribution is 2.31. The average molecular weight is 330 g/mol. The minimum atomic E-state index is 0.589. The number of nitrogens with one attached hydrogen (secondary N) is 1. The summed E-state index contributed by atoms with van der Waals surface area (Å²) >= 11 is 3.54. The number of likely N-dealkylation sites (tertiary alicyclic amines) is 1. The molecule has 114 valence electrons. The monoisotopic (exact) mass is 330 g/mol. The molecule has 1 N–H and O–H groups in total. The standard InChI is InChI=1S/C16H18N4S2/c1-3-12(16-17-5-8-22-16)10-20(6-1)11-13-9-18-19-15(13)14-4-2-7-21-14/h2,4-5,7-9,12H,1,3,6,10-11H2,(H,18,19). The van der Waals surface area contributed by atoms with E-state index in [9.17, 15) is 0 Å². The van der Waals surface area contributed by atoms with Crippen LogP contribution in [0.5, 0.6) is 0 Å². The molecular weight excluding hydrogens is 312 g/mol. The Morgan fingerprint density at radius 2 is 2.32 bits per heavy atom. The number of hydrogen-bond donors (Lipinski definition) is 1. The minimum absolute atomic E-state index is 0.589. The fraction of sp³-hybridized carbons (Fsp3) is 0.375. The fourth-order valence-electron chi connectivity index (χ4n) is 3.14. The van der Waals surface area contributed by atoms with Crippen LogP contribution in [0.2, 0.25) is 0 Å². The van der Waals surface area contributed by atoms with Gasteiger partial charge >= 0.3 is 0 Å². The van der Waals surface area contributed by atoms with Crippen LogP contribution >= 0.6 is 22.7 Å². The first-order chi connectivity index (χ1) is 10.9. The van der Waals surface area contributed by atoms with Crippen LogP contribution in [0.15, 0.2) is 35.3 Å². The van der Waals surface area contributed by atoms with Gasteiger partial charge in [-0.05, 0) is 30.8 Å². The van der Waals surface area contributed by atoms with Gasteiger partial charge in [0.05, 0.1) is 21.8 Å². The van der Waals surface area contributed by atoms with Gasteiger partial charge < -0.3 is 0 Å². The second-order valence-electron chi connectivity index (χ2n) is 5.69. The normalized spacial score (nSPS) is 19.5. The Morgan fingerprint density at radius 1 is 1.32 bits per heavy atom. The SMILES string of the molecule is c1csc(-c2[nH]ncc2CN2CCCC(c3nccs3)C2)c1. The molecule has 0 radical (unpaired) electrons. The third-order valence-corrected chi connectivity index (χ3v) is 6.01. The molecule has 3 aromatic heterocycles. The molecule has 1 atom stereocenters. The number of rotatable bonds is 4. The summed E-state index contributed by atoms with van der Waals surface area (Å²) < 4.78 is 0. The van der Waals surface area contributed by atoms with E-state index in [1.165, 1.54) is 34.0 Å². The molecule has 1 aliphatic rings. The maximum absolute atomic E-state index is 4.50. The molecule has 1 saturated heterocycles. The summed E-state index contributed by atoms with van der Waals surface area (Å²) in [6, 6.07) is 4.24. The van der Waals surface area contributed by atoms with Crippen molar-refractivity contribution < 1.29 is 0 Å². The van der Waals surface area contributed by atoms with E-state index in [1.807, 2.05) is 12.4 Å². The lowest BCUT2D eigenvalue weighted by Crippen LogP contribution is -2.33. The Morgan fingerprint density at radius 3 is 3.14 bits per heavy atom. The van der Waals surface area contributed by atoms with Crippen molar-refractivity contribution in [2.45, 2.75) is 25.3 Å². The summed E-state index contributed by atoms with van der Waals surface area (Å²) in [5, 5.41) is 12.9. The van der Waals surface area contributed by atoms with Crippen molar-refractivity contribution in [3.05, 3.63) is 45.9 Å². The van der Waals surface area contributed by atoms with E-state index >= 15 is 0 Å². The van der Waals surface area contributed by atoms with Gasteiger partial charge in [0.15, 0.2) is 0 Å². The maximum Gasteiger partial charge on any atom is 0.0968 e. The van der Waals surface area contributed by atoms with E-state index in [-0.39, 0.29) is 0 Å². The Labute approximate surface area is 137 Å². The molecule has 0 saturated carbocycles. The molecule has 1 unspecified atom stereocenters. The molecule has 1 fully saturated rings. The van der Waals surface area contributed by atoms with E-state index in [2.05, 4.69) is 43.0 Å². The van der Waals surface area contributed by atoms with Gasteiger partial charge in [-0.15, -0.1) is 22.7 Å². The number of aromatic amines is 1.